The van der Waals surface area contributed by atoms with Crippen molar-refractivity contribution < 1.29 is 9.53 Å². The average molecular weight is 254 g/mol. The van der Waals surface area contributed by atoms with Crippen LogP contribution in [0.1, 0.15) is 10.4 Å². The molecule has 0 fully saturated rings. The van der Waals surface area contributed by atoms with Crippen molar-refractivity contribution in [2.45, 2.75) is 0 Å². The highest BCUT2D eigenvalue weighted by molar-refractivity contribution is 9.08. The van der Waals surface area contributed by atoms with E-state index in [4.69, 9.17) is 4.74 Å². The summed E-state index contributed by atoms with van der Waals surface area (Å²) in [4.78, 5) is 11.4. The number of halogens is 1. The molecule has 2 aromatic rings. The highest BCUT2D eigenvalue weighted by Crippen LogP contribution is 2.22. The van der Waals surface area contributed by atoms with Crippen molar-refractivity contribution in [3.63, 3.8) is 0 Å². The Hall–Kier alpha value is -1.29. The largest absolute Gasteiger partial charge is 0.465 e. The highest BCUT2D eigenvalue weighted by Gasteiger charge is 2.11. The van der Waals surface area contributed by atoms with Gasteiger partial charge in [-0.15, -0.1) is 0 Å². The van der Waals surface area contributed by atoms with Crippen molar-refractivity contribution in [3.05, 3.63) is 36.0 Å². The third kappa shape index (κ3) is 1.32. The predicted molar refractivity (Wildman–Crippen MR) is 57.6 cm³/mol. The first kappa shape index (κ1) is 9.27. The molecule has 0 N–H and O–H groups in total. The maximum absolute atomic E-state index is 11.4. The van der Waals surface area contributed by atoms with Gasteiger partial charge in [-0.3, -0.25) is 3.59 Å². The highest BCUT2D eigenvalue weighted by atomic mass is 79.9. The van der Waals surface area contributed by atoms with E-state index in [9.17, 15) is 4.79 Å². The van der Waals surface area contributed by atoms with Gasteiger partial charge in [0.25, 0.3) is 0 Å². The third-order valence-electron chi connectivity index (χ3n) is 2.09. The molecule has 0 bridgehead atoms. The van der Waals surface area contributed by atoms with Crippen molar-refractivity contribution in [2.24, 2.45) is 0 Å². The second-order valence-electron chi connectivity index (χ2n) is 2.86. The topological polar surface area (TPSA) is 31.2 Å². The summed E-state index contributed by atoms with van der Waals surface area (Å²) >= 11 is 3.34. The van der Waals surface area contributed by atoms with E-state index in [1.807, 2.05) is 24.4 Å². The van der Waals surface area contributed by atoms with Gasteiger partial charge in [0.2, 0.25) is 0 Å². The zero-order valence-electron chi connectivity index (χ0n) is 7.53. The van der Waals surface area contributed by atoms with Gasteiger partial charge in [-0.1, -0.05) is 6.07 Å². The molecule has 72 valence electrons. The minimum absolute atomic E-state index is 0.311. The summed E-state index contributed by atoms with van der Waals surface area (Å²) in [6.45, 7) is 0. The van der Waals surface area contributed by atoms with Gasteiger partial charge in [0, 0.05) is 11.6 Å². The monoisotopic (exact) mass is 253 g/mol. The molecule has 1 heterocycles. The van der Waals surface area contributed by atoms with Gasteiger partial charge >= 0.3 is 5.97 Å². The molecule has 4 heteroatoms. The van der Waals surface area contributed by atoms with Crippen LogP contribution in [0, 0.1) is 0 Å². The van der Waals surface area contributed by atoms with Crippen LogP contribution in [0.2, 0.25) is 0 Å². The number of hydrogen-bond donors (Lipinski definition) is 0. The molecular formula is C10H8BrNO2. The molecule has 0 aliphatic rings. The minimum atomic E-state index is -0.311. The van der Waals surface area contributed by atoms with Crippen molar-refractivity contribution >= 4 is 33.0 Å². The third-order valence-corrected chi connectivity index (χ3v) is 2.71. The van der Waals surface area contributed by atoms with E-state index < -0.39 is 0 Å². The SMILES string of the molecule is COC(=O)c1cccc2c1ccn2Br. The number of aromatic nitrogens is 1. The number of rotatable bonds is 1. The van der Waals surface area contributed by atoms with Gasteiger partial charge in [-0.25, -0.2) is 4.79 Å². The Morgan fingerprint density at radius 2 is 2.21 bits per heavy atom. The number of fused-ring (bicyclic) bond motifs is 1. The molecule has 0 aliphatic heterocycles. The lowest BCUT2D eigenvalue weighted by atomic mass is 10.1. The molecule has 0 radical (unpaired) electrons. The van der Waals surface area contributed by atoms with E-state index in [1.165, 1.54) is 7.11 Å². The van der Waals surface area contributed by atoms with E-state index >= 15 is 0 Å². The van der Waals surface area contributed by atoms with E-state index in [0.29, 0.717) is 5.56 Å². The van der Waals surface area contributed by atoms with Gasteiger partial charge in [0.1, 0.15) is 0 Å². The van der Waals surface area contributed by atoms with Crippen LogP contribution in [-0.4, -0.2) is 16.7 Å². The zero-order valence-corrected chi connectivity index (χ0v) is 9.11. The molecule has 3 nitrogen and oxygen atoms in total. The standard InChI is InChI=1S/C10H8BrNO2/c1-14-10(13)8-3-2-4-9-7(8)5-6-12(9)11/h2-6H,1H3. The second-order valence-corrected chi connectivity index (χ2v) is 3.62. The predicted octanol–water partition coefficient (Wildman–Crippen LogP) is 2.59. The first-order valence-corrected chi connectivity index (χ1v) is 4.79. The number of ether oxygens (including phenoxy) is 1. The van der Waals surface area contributed by atoms with Crippen LogP contribution in [0.5, 0.6) is 0 Å². The fourth-order valence-corrected chi connectivity index (χ4v) is 1.85. The molecule has 14 heavy (non-hydrogen) atoms. The fourth-order valence-electron chi connectivity index (χ4n) is 1.42. The molecule has 0 unspecified atom stereocenters. The number of nitrogens with zero attached hydrogens (tertiary/aromatic N) is 1. The molecule has 0 atom stereocenters. The van der Waals surface area contributed by atoms with Crippen LogP contribution >= 0.6 is 16.1 Å². The van der Waals surface area contributed by atoms with Gasteiger partial charge in [-0.05, 0) is 18.2 Å². The second kappa shape index (κ2) is 3.46. The maximum Gasteiger partial charge on any atom is 0.338 e. The number of methoxy groups -OCH3 is 1. The Balaban J connectivity index is 2.71. The summed E-state index contributed by atoms with van der Waals surface area (Å²) in [6.07, 6.45) is 1.84. The first-order chi connectivity index (χ1) is 6.74. The molecule has 0 aliphatic carbocycles. The van der Waals surface area contributed by atoms with Crippen molar-refractivity contribution in [3.8, 4) is 0 Å². The van der Waals surface area contributed by atoms with Crippen LogP contribution in [0.25, 0.3) is 10.9 Å². The first-order valence-electron chi connectivity index (χ1n) is 4.08. The zero-order chi connectivity index (χ0) is 10.1. The molecule has 0 saturated heterocycles. The Bertz CT molecular complexity index is 490. The molecule has 2 rings (SSSR count). The van der Waals surface area contributed by atoms with E-state index in [-0.39, 0.29) is 5.97 Å². The number of benzene rings is 1. The van der Waals surface area contributed by atoms with E-state index in [0.717, 1.165) is 10.9 Å². The van der Waals surface area contributed by atoms with Gasteiger partial charge in [0.05, 0.1) is 34.3 Å². The summed E-state index contributed by atoms with van der Waals surface area (Å²) in [5.74, 6) is -0.311. The van der Waals surface area contributed by atoms with Crippen LogP contribution < -0.4 is 0 Å². The molecule has 0 spiro atoms. The molecular weight excluding hydrogens is 246 g/mol. The number of hydrogen-bond acceptors (Lipinski definition) is 2. The Morgan fingerprint density at radius 1 is 1.43 bits per heavy atom. The average Bonchev–Trinajstić information content (AvgIpc) is 2.59. The van der Waals surface area contributed by atoms with Crippen molar-refractivity contribution in [2.75, 3.05) is 7.11 Å². The normalized spacial score (nSPS) is 10.4. The van der Waals surface area contributed by atoms with Crippen molar-refractivity contribution in [1.29, 1.82) is 0 Å². The summed E-state index contributed by atoms with van der Waals surface area (Å²) in [7, 11) is 1.38. The lowest BCUT2D eigenvalue weighted by Gasteiger charge is -2.00. The summed E-state index contributed by atoms with van der Waals surface area (Å²) in [5, 5.41) is 0.885. The Labute approximate surface area is 89.6 Å². The van der Waals surface area contributed by atoms with Gasteiger partial charge in [-0.2, -0.15) is 0 Å². The number of carbonyl (C=O) groups is 1. The van der Waals surface area contributed by atoms with Crippen molar-refractivity contribution in [1.82, 2.24) is 3.59 Å². The van der Waals surface area contributed by atoms with Crippen LogP contribution in [0.15, 0.2) is 30.5 Å². The van der Waals surface area contributed by atoms with Crippen LogP contribution in [0.3, 0.4) is 0 Å². The van der Waals surface area contributed by atoms with Gasteiger partial charge < -0.3 is 4.74 Å². The minimum Gasteiger partial charge on any atom is -0.465 e. The fraction of sp³-hybridized carbons (Fsp3) is 0.100. The van der Waals surface area contributed by atoms with Gasteiger partial charge in [0.15, 0.2) is 0 Å². The smallest absolute Gasteiger partial charge is 0.338 e. The molecule has 1 aromatic heterocycles. The quantitative estimate of drug-likeness (QED) is 0.732. The molecule has 0 saturated carbocycles. The summed E-state index contributed by atoms with van der Waals surface area (Å²) < 4.78 is 6.48. The van der Waals surface area contributed by atoms with E-state index in [1.54, 1.807) is 9.66 Å². The molecule has 0 amide bonds. The van der Waals surface area contributed by atoms with Crippen LogP contribution in [0.4, 0.5) is 0 Å². The number of carbonyl (C=O) groups excluding carboxylic acids is 1. The maximum atomic E-state index is 11.4. The van der Waals surface area contributed by atoms with E-state index in [2.05, 4.69) is 16.1 Å². The summed E-state index contributed by atoms with van der Waals surface area (Å²) in [6, 6.07) is 7.38. The lowest BCUT2D eigenvalue weighted by Crippen LogP contribution is -2.01. The van der Waals surface area contributed by atoms with Crippen LogP contribution in [-0.2, 0) is 4.74 Å². The summed E-state index contributed by atoms with van der Waals surface area (Å²) in [5.41, 5.74) is 1.54. The lowest BCUT2D eigenvalue weighted by molar-refractivity contribution is 0.0603. The Kier molecular flexibility index (Phi) is 2.29. The number of esters is 1. The Morgan fingerprint density at radius 3 is 2.93 bits per heavy atom. The molecule has 1 aromatic carbocycles.